The van der Waals surface area contributed by atoms with Gasteiger partial charge < -0.3 is 0 Å². The van der Waals surface area contributed by atoms with Crippen LogP contribution in [0, 0.1) is 5.92 Å². The molecule has 2 aromatic rings. The fraction of sp³-hybridized carbons (Fsp3) is 0.250. The van der Waals surface area contributed by atoms with Crippen molar-refractivity contribution in [3.63, 3.8) is 0 Å². The Hall–Kier alpha value is -1.50. The van der Waals surface area contributed by atoms with Gasteiger partial charge in [0.25, 0.3) is 0 Å². The van der Waals surface area contributed by atoms with E-state index < -0.39 is 0 Å². The lowest BCUT2D eigenvalue weighted by atomic mass is 9.77. The van der Waals surface area contributed by atoms with Crippen molar-refractivity contribution in [2.24, 2.45) is 5.92 Å². The summed E-state index contributed by atoms with van der Waals surface area (Å²) < 4.78 is 0. The van der Waals surface area contributed by atoms with Gasteiger partial charge in [0.1, 0.15) is 0 Å². The van der Waals surface area contributed by atoms with Gasteiger partial charge in [-0.3, -0.25) is 0 Å². The molecule has 0 N–H and O–H groups in total. The molecule has 0 aliphatic heterocycles. The number of fused-ring (bicyclic) bond motifs is 1. The standard InChI is InChI=1S/C16H15B/c1-11-10-15-13(12-6-3-2-4-7-12)8-5-9-14(15)16(11)17/h2-9,11,16H,10H2,1H3. The summed E-state index contributed by atoms with van der Waals surface area (Å²) in [6.45, 7) is 2.24. The van der Waals surface area contributed by atoms with Gasteiger partial charge in [-0.1, -0.05) is 55.5 Å². The van der Waals surface area contributed by atoms with Crippen molar-refractivity contribution in [1.82, 2.24) is 0 Å². The zero-order chi connectivity index (χ0) is 11.8. The number of hydrogen-bond donors (Lipinski definition) is 0. The summed E-state index contributed by atoms with van der Waals surface area (Å²) in [4.78, 5) is 0. The molecule has 0 nitrogen and oxygen atoms in total. The van der Waals surface area contributed by atoms with Gasteiger partial charge in [0, 0.05) is 0 Å². The minimum Gasteiger partial charge on any atom is -0.0623 e. The van der Waals surface area contributed by atoms with E-state index in [2.05, 4.69) is 55.5 Å². The van der Waals surface area contributed by atoms with E-state index in [1.165, 1.54) is 22.3 Å². The molecule has 3 rings (SSSR count). The molecule has 0 bridgehead atoms. The Balaban J connectivity index is 2.16. The van der Waals surface area contributed by atoms with E-state index in [-0.39, 0.29) is 5.82 Å². The molecule has 2 unspecified atom stereocenters. The summed E-state index contributed by atoms with van der Waals surface area (Å²) in [5, 5.41) is 0. The molecule has 2 atom stereocenters. The Bertz CT molecular complexity index is 530. The van der Waals surface area contributed by atoms with E-state index >= 15 is 0 Å². The number of benzene rings is 2. The highest BCUT2D eigenvalue weighted by Crippen LogP contribution is 2.40. The second-order valence-electron chi connectivity index (χ2n) is 4.95. The molecule has 1 aliphatic carbocycles. The molecular weight excluding hydrogens is 203 g/mol. The summed E-state index contributed by atoms with van der Waals surface area (Å²) in [7, 11) is 6.24. The van der Waals surface area contributed by atoms with Gasteiger partial charge in [0.2, 0.25) is 0 Å². The Morgan fingerprint density at radius 1 is 1.00 bits per heavy atom. The van der Waals surface area contributed by atoms with Gasteiger partial charge in [0.15, 0.2) is 0 Å². The van der Waals surface area contributed by atoms with Crippen LogP contribution in [-0.2, 0) is 6.42 Å². The maximum Gasteiger partial charge on any atom is 0.0767 e. The minimum absolute atomic E-state index is 0.202. The van der Waals surface area contributed by atoms with E-state index in [0.717, 1.165) is 6.42 Å². The van der Waals surface area contributed by atoms with Gasteiger partial charge in [-0.05, 0) is 40.4 Å². The summed E-state index contributed by atoms with van der Waals surface area (Å²) >= 11 is 0. The first-order valence-corrected chi connectivity index (χ1v) is 6.20. The molecular formula is C16H15B. The highest BCUT2D eigenvalue weighted by Gasteiger charge is 2.27. The summed E-state index contributed by atoms with van der Waals surface area (Å²) in [6.07, 6.45) is 1.10. The van der Waals surface area contributed by atoms with Gasteiger partial charge in [0.05, 0.1) is 7.85 Å². The molecule has 0 fully saturated rings. The number of rotatable bonds is 1. The summed E-state index contributed by atoms with van der Waals surface area (Å²) in [5.74, 6) is 0.753. The van der Waals surface area contributed by atoms with Gasteiger partial charge in [-0.2, -0.15) is 0 Å². The fourth-order valence-corrected chi connectivity index (χ4v) is 2.79. The fourth-order valence-electron chi connectivity index (χ4n) is 2.79. The van der Waals surface area contributed by atoms with E-state index in [4.69, 9.17) is 7.85 Å². The SMILES string of the molecule is [B]C1c2cccc(-c3ccccc3)c2CC1C. The van der Waals surface area contributed by atoms with Crippen LogP contribution < -0.4 is 0 Å². The topological polar surface area (TPSA) is 0 Å². The quantitative estimate of drug-likeness (QED) is 0.639. The Kier molecular flexibility index (Phi) is 2.55. The number of hydrogen-bond acceptors (Lipinski definition) is 0. The smallest absolute Gasteiger partial charge is 0.0623 e. The normalized spacial score (nSPS) is 22.4. The van der Waals surface area contributed by atoms with E-state index in [0.29, 0.717) is 5.92 Å². The van der Waals surface area contributed by atoms with Crippen LogP contribution >= 0.6 is 0 Å². The van der Waals surface area contributed by atoms with Crippen molar-refractivity contribution in [3.8, 4) is 11.1 Å². The Morgan fingerprint density at radius 2 is 1.76 bits per heavy atom. The van der Waals surface area contributed by atoms with E-state index in [1.54, 1.807) is 0 Å². The maximum absolute atomic E-state index is 6.24. The van der Waals surface area contributed by atoms with Crippen LogP contribution in [0.5, 0.6) is 0 Å². The van der Waals surface area contributed by atoms with Gasteiger partial charge >= 0.3 is 0 Å². The minimum atomic E-state index is 0.202. The first-order chi connectivity index (χ1) is 8.27. The highest BCUT2D eigenvalue weighted by molar-refractivity contribution is 6.13. The second kappa shape index (κ2) is 4.07. The molecule has 82 valence electrons. The lowest BCUT2D eigenvalue weighted by molar-refractivity contribution is 0.608. The van der Waals surface area contributed by atoms with Crippen molar-refractivity contribution >= 4 is 7.85 Å². The Labute approximate surface area is 104 Å². The van der Waals surface area contributed by atoms with Crippen LogP contribution in [0.3, 0.4) is 0 Å². The lowest BCUT2D eigenvalue weighted by Gasteiger charge is -2.10. The van der Waals surface area contributed by atoms with Crippen molar-refractivity contribution in [2.75, 3.05) is 0 Å². The molecule has 0 amide bonds. The van der Waals surface area contributed by atoms with Crippen LogP contribution in [0.1, 0.15) is 23.9 Å². The Morgan fingerprint density at radius 3 is 2.53 bits per heavy atom. The molecule has 1 heteroatoms. The molecule has 0 aromatic heterocycles. The molecule has 0 spiro atoms. The first-order valence-electron chi connectivity index (χ1n) is 6.20. The third-order valence-electron chi connectivity index (χ3n) is 3.80. The molecule has 2 radical (unpaired) electrons. The van der Waals surface area contributed by atoms with Crippen molar-refractivity contribution in [3.05, 3.63) is 59.7 Å². The average molecular weight is 218 g/mol. The third kappa shape index (κ3) is 1.70. The molecule has 0 saturated carbocycles. The predicted octanol–water partition coefficient (Wildman–Crippen LogP) is 3.76. The van der Waals surface area contributed by atoms with Crippen LogP contribution in [0.2, 0.25) is 0 Å². The molecule has 1 aliphatic rings. The molecule has 0 saturated heterocycles. The van der Waals surface area contributed by atoms with E-state index in [1.807, 2.05) is 0 Å². The van der Waals surface area contributed by atoms with Crippen molar-refractivity contribution in [1.29, 1.82) is 0 Å². The average Bonchev–Trinajstić information content (AvgIpc) is 2.67. The van der Waals surface area contributed by atoms with Crippen LogP contribution in [0.4, 0.5) is 0 Å². The third-order valence-corrected chi connectivity index (χ3v) is 3.80. The second-order valence-corrected chi connectivity index (χ2v) is 4.95. The monoisotopic (exact) mass is 218 g/mol. The van der Waals surface area contributed by atoms with Crippen molar-refractivity contribution in [2.45, 2.75) is 19.2 Å². The van der Waals surface area contributed by atoms with Crippen molar-refractivity contribution < 1.29 is 0 Å². The van der Waals surface area contributed by atoms with Gasteiger partial charge in [-0.15, -0.1) is 0 Å². The van der Waals surface area contributed by atoms with E-state index in [9.17, 15) is 0 Å². The first kappa shape index (κ1) is 10.6. The predicted molar refractivity (Wildman–Crippen MR) is 73.2 cm³/mol. The summed E-state index contributed by atoms with van der Waals surface area (Å²) in [5.41, 5.74) is 5.42. The molecule has 17 heavy (non-hydrogen) atoms. The zero-order valence-corrected chi connectivity index (χ0v) is 10.1. The molecule has 0 heterocycles. The molecule has 2 aromatic carbocycles. The van der Waals surface area contributed by atoms with Crippen LogP contribution in [0.25, 0.3) is 11.1 Å². The van der Waals surface area contributed by atoms with Gasteiger partial charge in [-0.25, -0.2) is 0 Å². The lowest BCUT2D eigenvalue weighted by Crippen LogP contribution is -2.01. The van der Waals surface area contributed by atoms with Crippen LogP contribution in [-0.4, -0.2) is 7.85 Å². The van der Waals surface area contributed by atoms with Crippen LogP contribution in [0.15, 0.2) is 48.5 Å². The highest BCUT2D eigenvalue weighted by atomic mass is 14.3. The summed E-state index contributed by atoms with van der Waals surface area (Å²) in [6, 6.07) is 17.1. The zero-order valence-electron chi connectivity index (χ0n) is 10.1. The largest absolute Gasteiger partial charge is 0.0767 e. The maximum atomic E-state index is 6.24.